The Morgan fingerprint density at radius 2 is 2.05 bits per heavy atom. The Labute approximate surface area is 116 Å². The standard InChI is InChI=1S/C15H13ClN2O/c16-11-6-7-17-14(8-11)15(19)18-13-9-12(13)10-4-2-1-3-5-10/h1-8,12-13H,9H2,(H,18,19). The number of pyridine rings is 1. The van der Waals surface area contributed by atoms with E-state index in [0.29, 0.717) is 16.6 Å². The number of amides is 1. The van der Waals surface area contributed by atoms with Gasteiger partial charge < -0.3 is 5.32 Å². The molecule has 0 bridgehead atoms. The van der Waals surface area contributed by atoms with Crippen LogP contribution < -0.4 is 5.32 Å². The Bertz CT molecular complexity index is 600. The van der Waals surface area contributed by atoms with E-state index in [9.17, 15) is 4.79 Å². The molecular weight excluding hydrogens is 260 g/mol. The third-order valence-electron chi connectivity index (χ3n) is 3.29. The monoisotopic (exact) mass is 272 g/mol. The summed E-state index contributed by atoms with van der Waals surface area (Å²) < 4.78 is 0. The van der Waals surface area contributed by atoms with Crippen molar-refractivity contribution in [1.29, 1.82) is 0 Å². The zero-order valence-corrected chi connectivity index (χ0v) is 11.0. The predicted octanol–water partition coefficient (Wildman–Crippen LogP) is 3.02. The summed E-state index contributed by atoms with van der Waals surface area (Å²) in [5.41, 5.74) is 1.64. The van der Waals surface area contributed by atoms with Gasteiger partial charge in [0.25, 0.3) is 5.91 Å². The van der Waals surface area contributed by atoms with E-state index in [1.165, 1.54) is 5.56 Å². The lowest BCUT2D eigenvalue weighted by atomic mass is 10.1. The van der Waals surface area contributed by atoms with E-state index >= 15 is 0 Å². The smallest absolute Gasteiger partial charge is 0.270 e. The molecule has 4 heteroatoms. The Morgan fingerprint density at radius 3 is 2.79 bits per heavy atom. The number of carbonyl (C=O) groups is 1. The van der Waals surface area contributed by atoms with Gasteiger partial charge in [0, 0.05) is 23.2 Å². The third kappa shape index (κ3) is 2.76. The van der Waals surface area contributed by atoms with Crippen LogP contribution in [-0.4, -0.2) is 16.9 Å². The van der Waals surface area contributed by atoms with Crippen molar-refractivity contribution >= 4 is 17.5 Å². The van der Waals surface area contributed by atoms with E-state index in [0.717, 1.165) is 6.42 Å². The third-order valence-corrected chi connectivity index (χ3v) is 3.52. The molecule has 0 saturated heterocycles. The molecule has 3 nitrogen and oxygen atoms in total. The highest BCUT2D eigenvalue weighted by Gasteiger charge is 2.39. The fourth-order valence-electron chi connectivity index (χ4n) is 2.19. The molecule has 1 aliphatic rings. The van der Waals surface area contributed by atoms with Crippen molar-refractivity contribution in [2.45, 2.75) is 18.4 Å². The van der Waals surface area contributed by atoms with Gasteiger partial charge in [0.1, 0.15) is 5.69 Å². The molecule has 0 spiro atoms. The van der Waals surface area contributed by atoms with E-state index in [-0.39, 0.29) is 11.9 Å². The normalized spacial score (nSPS) is 20.9. The molecule has 0 aliphatic heterocycles. The summed E-state index contributed by atoms with van der Waals surface area (Å²) in [5, 5.41) is 3.51. The Morgan fingerprint density at radius 1 is 1.26 bits per heavy atom. The van der Waals surface area contributed by atoms with Crippen LogP contribution in [0.25, 0.3) is 0 Å². The summed E-state index contributed by atoms with van der Waals surface area (Å²) >= 11 is 5.85. The quantitative estimate of drug-likeness (QED) is 0.933. The number of nitrogens with one attached hydrogen (secondary N) is 1. The van der Waals surface area contributed by atoms with Gasteiger partial charge >= 0.3 is 0 Å². The first-order valence-corrected chi connectivity index (χ1v) is 6.59. The van der Waals surface area contributed by atoms with Gasteiger partial charge in [-0.3, -0.25) is 9.78 Å². The lowest BCUT2D eigenvalue weighted by molar-refractivity contribution is 0.0945. The number of rotatable bonds is 3. The highest BCUT2D eigenvalue weighted by atomic mass is 35.5. The van der Waals surface area contributed by atoms with E-state index in [2.05, 4.69) is 22.4 Å². The number of aromatic nitrogens is 1. The Balaban J connectivity index is 1.64. The summed E-state index contributed by atoms with van der Waals surface area (Å²) in [4.78, 5) is 16.0. The molecule has 96 valence electrons. The average Bonchev–Trinajstić information content (AvgIpc) is 3.19. The van der Waals surface area contributed by atoms with Gasteiger partial charge in [0.05, 0.1) is 0 Å². The molecule has 1 heterocycles. The van der Waals surface area contributed by atoms with Crippen molar-refractivity contribution in [3.8, 4) is 0 Å². The van der Waals surface area contributed by atoms with Crippen LogP contribution in [0.1, 0.15) is 28.4 Å². The van der Waals surface area contributed by atoms with Gasteiger partial charge in [-0.25, -0.2) is 0 Å². The molecule has 19 heavy (non-hydrogen) atoms. The van der Waals surface area contributed by atoms with Gasteiger partial charge in [-0.2, -0.15) is 0 Å². The first-order valence-electron chi connectivity index (χ1n) is 6.21. The molecule has 1 saturated carbocycles. The summed E-state index contributed by atoms with van der Waals surface area (Å²) in [6.45, 7) is 0. The van der Waals surface area contributed by atoms with Crippen LogP contribution in [0, 0.1) is 0 Å². The van der Waals surface area contributed by atoms with E-state index < -0.39 is 0 Å². The number of benzene rings is 1. The largest absolute Gasteiger partial charge is 0.347 e. The second kappa shape index (κ2) is 5.02. The van der Waals surface area contributed by atoms with Crippen LogP contribution in [0.15, 0.2) is 48.7 Å². The van der Waals surface area contributed by atoms with Crippen LogP contribution in [0.3, 0.4) is 0 Å². The molecule has 1 fully saturated rings. The minimum absolute atomic E-state index is 0.161. The number of hydrogen-bond acceptors (Lipinski definition) is 2. The molecule has 1 aromatic heterocycles. The minimum atomic E-state index is -0.161. The van der Waals surface area contributed by atoms with Gasteiger partial charge in [-0.1, -0.05) is 41.9 Å². The molecule has 1 aliphatic carbocycles. The van der Waals surface area contributed by atoms with Gasteiger partial charge in [-0.05, 0) is 24.1 Å². The zero-order valence-electron chi connectivity index (χ0n) is 10.2. The molecule has 0 radical (unpaired) electrons. The maximum atomic E-state index is 12.0. The first-order chi connectivity index (χ1) is 9.24. The maximum Gasteiger partial charge on any atom is 0.270 e. The first kappa shape index (κ1) is 12.2. The second-order valence-corrected chi connectivity index (χ2v) is 5.13. The number of nitrogens with zero attached hydrogens (tertiary/aromatic N) is 1. The molecule has 2 unspecified atom stereocenters. The summed E-state index contributed by atoms with van der Waals surface area (Å²) in [7, 11) is 0. The van der Waals surface area contributed by atoms with Gasteiger partial charge in [-0.15, -0.1) is 0 Å². The second-order valence-electron chi connectivity index (χ2n) is 4.69. The van der Waals surface area contributed by atoms with Crippen molar-refractivity contribution in [2.75, 3.05) is 0 Å². The van der Waals surface area contributed by atoms with Crippen molar-refractivity contribution in [2.24, 2.45) is 0 Å². The molecule has 1 amide bonds. The molecule has 3 rings (SSSR count). The Hall–Kier alpha value is -1.87. The van der Waals surface area contributed by atoms with Crippen LogP contribution in [0.5, 0.6) is 0 Å². The fraction of sp³-hybridized carbons (Fsp3) is 0.200. The maximum absolute atomic E-state index is 12.0. The van der Waals surface area contributed by atoms with Gasteiger partial charge in [0.15, 0.2) is 0 Å². The zero-order chi connectivity index (χ0) is 13.2. The topological polar surface area (TPSA) is 42.0 Å². The Kier molecular flexibility index (Phi) is 3.22. The lowest BCUT2D eigenvalue weighted by Gasteiger charge is -2.04. The van der Waals surface area contributed by atoms with Crippen LogP contribution in [-0.2, 0) is 0 Å². The van der Waals surface area contributed by atoms with Crippen LogP contribution >= 0.6 is 11.6 Å². The highest BCUT2D eigenvalue weighted by molar-refractivity contribution is 6.30. The molecular formula is C15H13ClN2O. The van der Waals surface area contributed by atoms with Crippen LogP contribution in [0.2, 0.25) is 5.02 Å². The number of hydrogen-bond donors (Lipinski definition) is 1. The number of halogens is 1. The molecule has 1 N–H and O–H groups in total. The van der Waals surface area contributed by atoms with E-state index in [1.807, 2.05) is 18.2 Å². The predicted molar refractivity (Wildman–Crippen MR) is 74.3 cm³/mol. The fourth-order valence-corrected chi connectivity index (χ4v) is 2.35. The summed E-state index contributed by atoms with van der Waals surface area (Å²) in [6.07, 6.45) is 2.52. The molecule has 1 aromatic carbocycles. The number of carbonyl (C=O) groups excluding carboxylic acids is 1. The average molecular weight is 273 g/mol. The van der Waals surface area contributed by atoms with Crippen LogP contribution in [0.4, 0.5) is 0 Å². The highest BCUT2D eigenvalue weighted by Crippen LogP contribution is 2.40. The molecule has 2 atom stereocenters. The lowest BCUT2D eigenvalue weighted by Crippen LogP contribution is -2.27. The van der Waals surface area contributed by atoms with Crippen molar-refractivity contribution < 1.29 is 4.79 Å². The van der Waals surface area contributed by atoms with Crippen molar-refractivity contribution in [1.82, 2.24) is 10.3 Å². The van der Waals surface area contributed by atoms with E-state index in [4.69, 9.17) is 11.6 Å². The van der Waals surface area contributed by atoms with Crippen molar-refractivity contribution in [3.05, 3.63) is 64.9 Å². The molecule has 2 aromatic rings. The van der Waals surface area contributed by atoms with Gasteiger partial charge in [0.2, 0.25) is 0 Å². The SMILES string of the molecule is O=C(NC1CC1c1ccccc1)c1cc(Cl)ccn1. The minimum Gasteiger partial charge on any atom is -0.347 e. The van der Waals surface area contributed by atoms with Crippen molar-refractivity contribution in [3.63, 3.8) is 0 Å². The van der Waals surface area contributed by atoms with E-state index in [1.54, 1.807) is 18.3 Å². The summed E-state index contributed by atoms with van der Waals surface area (Å²) in [6, 6.07) is 13.7. The summed E-state index contributed by atoms with van der Waals surface area (Å²) in [5.74, 6) is 0.260.